The molecule has 1 unspecified atom stereocenters. The topological polar surface area (TPSA) is 45.2 Å². The molecule has 1 aromatic rings. The summed E-state index contributed by atoms with van der Waals surface area (Å²) in [4.78, 5) is 18.9. The molecule has 1 aromatic heterocycles. The Morgan fingerprint density at radius 3 is 3.11 bits per heavy atom. The molecule has 1 amide bonds. The average molecular weight is 281 g/mol. The van der Waals surface area contributed by atoms with Crippen LogP contribution in [0.25, 0.3) is 0 Å². The summed E-state index contributed by atoms with van der Waals surface area (Å²) in [6.07, 6.45) is 5.52. The summed E-state index contributed by atoms with van der Waals surface area (Å²) in [5.74, 6) is 0.151. The summed E-state index contributed by atoms with van der Waals surface area (Å²) in [5, 5.41) is 6.10. The number of aromatic nitrogens is 1. The first-order valence-electron chi connectivity index (χ1n) is 7.12. The van der Waals surface area contributed by atoms with Crippen LogP contribution in [0.4, 0.5) is 0 Å². The molecule has 1 saturated heterocycles. The zero-order chi connectivity index (χ0) is 13.7. The normalized spacial score (nSPS) is 21.1. The molecule has 0 radical (unpaired) electrons. The van der Waals surface area contributed by atoms with Crippen LogP contribution in [0, 0.1) is 0 Å². The lowest BCUT2D eigenvalue weighted by molar-refractivity contribution is -0.126. The molecule has 1 N–H and O–H groups in total. The molecule has 106 valence electrons. The monoisotopic (exact) mass is 281 g/mol. The van der Waals surface area contributed by atoms with E-state index in [9.17, 15) is 4.79 Å². The molecule has 0 aromatic carbocycles. The first-order valence-corrected chi connectivity index (χ1v) is 8.00. The molecular formula is C14H23N3OS. The molecule has 0 bridgehead atoms. The molecule has 2 heterocycles. The third-order valence-corrected chi connectivity index (χ3v) is 4.60. The maximum absolute atomic E-state index is 12.2. The number of nitrogens with zero attached hydrogens (tertiary/aromatic N) is 2. The van der Waals surface area contributed by atoms with Gasteiger partial charge in [-0.1, -0.05) is 19.8 Å². The van der Waals surface area contributed by atoms with E-state index in [1.165, 1.54) is 12.8 Å². The van der Waals surface area contributed by atoms with E-state index in [1.54, 1.807) is 11.3 Å². The summed E-state index contributed by atoms with van der Waals surface area (Å²) in [7, 11) is 2.05. The zero-order valence-electron chi connectivity index (χ0n) is 11.8. The molecule has 5 heteroatoms. The Hall–Kier alpha value is -0.940. The van der Waals surface area contributed by atoms with Crippen LogP contribution in [0.1, 0.15) is 43.3 Å². The van der Waals surface area contributed by atoms with Crippen molar-refractivity contribution >= 4 is 17.2 Å². The molecular weight excluding hydrogens is 258 g/mol. The number of rotatable bonds is 4. The summed E-state index contributed by atoms with van der Waals surface area (Å²) >= 11 is 1.63. The van der Waals surface area contributed by atoms with Crippen molar-refractivity contribution < 1.29 is 4.79 Å². The van der Waals surface area contributed by atoms with Crippen molar-refractivity contribution in [3.63, 3.8) is 0 Å². The maximum Gasteiger partial charge on any atom is 0.237 e. The van der Waals surface area contributed by atoms with Crippen molar-refractivity contribution in [3.8, 4) is 0 Å². The number of carbonyl (C=O) groups is 1. The number of carbonyl (C=O) groups excluding carboxylic acids is 1. The van der Waals surface area contributed by atoms with Gasteiger partial charge in [-0.15, -0.1) is 11.3 Å². The smallest absolute Gasteiger partial charge is 0.237 e. The van der Waals surface area contributed by atoms with Gasteiger partial charge < -0.3 is 5.32 Å². The number of aryl methyl sites for hydroxylation is 1. The Labute approximate surface area is 119 Å². The highest BCUT2D eigenvalue weighted by Gasteiger charge is 2.24. The van der Waals surface area contributed by atoms with Gasteiger partial charge in [0.05, 0.1) is 18.3 Å². The van der Waals surface area contributed by atoms with Crippen molar-refractivity contribution in [3.05, 3.63) is 16.1 Å². The lowest BCUT2D eigenvalue weighted by Gasteiger charge is -2.24. The van der Waals surface area contributed by atoms with Crippen LogP contribution in [0.3, 0.4) is 0 Å². The summed E-state index contributed by atoms with van der Waals surface area (Å²) in [5.41, 5.74) is 1.11. The van der Waals surface area contributed by atoms with Crippen LogP contribution in [0.15, 0.2) is 5.38 Å². The van der Waals surface area contributed by atoms with E-state index in [-0.39, 0.29) is 11.9 Å². The number of amides is 1. The van der Waals surface area contributed by atoms with Gasteiger partial charge in [-0.3, -0.25) is 9.69 Å². The van der Waals surface area contributed by atoms with Gasteiger partial charge >= 0.3 is 0 Å². The lowest BCUT2D eigenvalue weighted by atomic mass is 10.1. The molecule has 4 nitrogen and oxygen atoms in total. The van der Waals surface area contributed by atoms with Crippen LogP contribution in [0.5, 0.6) is 0 Å². The molecule has 0 aliphatic carbocycles. The van der Waals surface area contributed by atoms with Crippen molar-refractivity contribution in [2.24, 2.45) is 0 Å². The Morgan fingerprint density at radius 2 is 2.37 bits per heavy atom. The van der Waals surface area contributed by atoms with Crippen molar-refractivity contribution in [2.75, 3.05) is 13.6 Å². The van der Waals surface area contributed by atoms with E-state index >= 15 is 0 Å². The highest BCUT2D eigenvalue weighted by Crippen LogP contribution is 2.16. The Balaban J connectivity index is 1.85. The standard InChI is InChI=1S/C14H23N3OS/c1-3-11-10-19-13(16-11)9-15-14(18)12-7-5-4-6-8-17(12)2/h10,12H,3-9H2,1-2H3,(H,15,18). The fourth-order valence-corrected chi connectivity index (χ4v) is 3.27. The number of likely N-dealkylation sites (tertiary alicyclic amines) is 1. The van der Waals surface area contributed by atoms with Gasteiger partial charge in [-0.2, -0.15) is 0 Å². The minimum absolute atomic E-state index is 0.0353. The number of hydrogen-bond acceptors (Lipinski definition) is 4. The third-order valence-electron chi connectivity index (χ3n) is 3.70. The van der Waals surface area contributed by atoms with Crippen molar-refractivity contribution in [1.29, 1.82) is 0 Å². The lowest BCUT2D eigenvalue weighted by Crippen LogP contribution is -2.44. The average Bonchev–Trinajstić information content (AvgIpc) is 2.77. The molecule has 0 spiro atoms. The predicted octanol–water partition coefficient (Wildman–Crippen LogP) is 2.20. The molecule has 1 fully saturated rings. The van der Waals surface area contributed by atoms with Gasteiger partial charge in [0.15, 0.2) is 0 Å². The third kappa shape index (κ3) is 4.01. The zero-order valence-corrected chi connectivity index (χ0v) is 12.6. The van der Waals surface area contributed by atoms with Gasteiger partial charge in [0, 0.05) is 5.38 Å². The summed E-state index contributed by atoms with van der Waals surface area (Å²) in [6, 6.07) is 0.0353. The quantitative estimate of drug-likeness (QED) is 0.920. The van der Waals surface area contributed by atoms with Gasteiger partial charge in [0.2, 0.25) is 5.91 Å². The minimum Gasteiger partial charge on any atom is -0.348 e. The molecule has 2 rings (SSSR count). The first kappa shape index (κ1) is 14.5. The second-order valence-electron chi connectivity index (χ2n) is 5.15. The minimum atomic E-state index is 0.0353. The van der Waals surface area contributed by atoms with Gasteiger partial charge in [-0.25, -0.2) is 4.98 Å². The summed E-state index contributed by atoms with van der Waals surface area (Å²) in [6.45, 7) is 3.68. The van der Waals surface area contributed by atoms with Crippen LogP contribution >= 0.6 is 11.3 Å². The first-order chi connectivity index (χ1) is 9.20. The number of thiazole rings is 1. The maximum atomic E-state index is 12.2. The van der Waals surface area contributed by atoms with E-state index in [0.29, 0.717) is 6.54 Å². The predicted molar refractivity (Wildman–Crippen MR) is 78.2 cm³/mol. The number of likely N-dealkylation sites (N-methyl/N-ethyl adjacent to an activating group) is 1. The van der Waals surface area contributed by atoms with Crippen molar-refractivity contribution in [2.45, 2.75) is 51.6 Å². The van der Waals surface area contributed by atoms with E-state index < -0.39 is 0 Å². The Bertz CT molecular complexity index is 419. The van der Waals surface area contributed by atoms with E-state index in [1.807, 2.05) is 7.05 Å². The van der Waals surface area contributed by atoms with E-state index in [0.717, 1.165) is 36.5 Å². The highest BCUT2D eigenvalue weighted by atomic mass is 32.1. The van der Waals surface area contributed by atoms with Gasteiger partial charge in [-0.05, 0) is 32.9 Å². The van der Waals surface area contributed by atoms with Crippen LogP contribution in [-0.4, -0.2) is 35.4 Å². The SMILES string of the molecule is CCc1csc(CNC(=O)C2CCCCCN2C)n1. The second kappa shape index (κ2) is 7.01. The fraction of sp³-hybridized carbons (Fsp3) is 0.714. The van der Waals surface area contributed by atoms with E-state index in [2.05, 4.69) is 27.5 Å². The van der Waals surface area contributed by atoms with Gasteiger partial charge in [0.1, 0.15) is 5.01 Å². The fourth-order valence-electron chi connectivity index (χ4n) is 2.46. The summed E-state index contributed by atoms with van der Waals surface area (Å²) < 4.78 is 0. The van der Waals surface area contributed by atoms with Gasteiger partial charge in [0.25, 0.3) is 0 Å². The Morgan fingerprint density at radius 1 is 1.53 bits per heavy atom. The van der Waals surface area contributed by atoms with Crippen LogP contribution in [-0.2, 0) is 17.8 Å². The highest BCUT2D eigenvalue weighted by molar-refractivity contribution is 7.09. The number of hydrogen-bond donors (Lipinski definition) is 1. The molecule has 1 aliphatic heterocycles. The van der Waals surface area contributed by atoms with Crippen LogP contribution < -0.4 is 5.32 Å². The van der Waals surface area contributed by atoms with Crippen LogP contribution in [0.2, 0.25) is 0 Å². The molecule has 1 atom stereocenters. The number of nitrogens with one attached hydrogen (secondary N) is 1. The van der Waals surface area contributed by atoms with E-state index in [4.69, 9.17) is 0 Å². The molecule has 0 saturated carbocycles. The molecule has 19 heavy (non-hydrogen) atoms. The largest absolute Gasteiger partial charge is 0.348 e. The molecule has 1 aliphatic rings. The Kier molecular flexibility index (Phi) is 5.34. The van der Waals surface area contributed by atoms with Crippen molar-refractivity contribution in [1.82, 2.24) is 15.2 Å². The second-order valence-corrected chi connectivity index (χ2v) is 6.09.